The van der Waals surface area contributed by atoms with Gasteiger partial charge in [0.25, 0.3) is 0 Å². The van der Waals surface area contributed by atoms with Crippen LogP contribution in [0.2, 0.25) is 0 Å². The molecule has 11 heavy (non-hydrogen) atoms. The highest BCUT2D eigenvalue weighted by atomic mass is 19.2. The molecule has 0 spiro atoms. The van der Waals surface area contributed by atoms with Gasteiger partial charge in [-0.2, -0.15) is 5.10 Å². The van der Waals surface area contributed by atoms with E-state index >= 15 is 0 Å². The smallest absolute Gasteiger partial charge is 0.167 e. The summed E-state index contributed by atoms with van der Waals surface area (Å²) in [7, 11) is 0. The second kappa shape index (κ2) is 3.09. The first kappa shape index (κ1) is 7.65. The van der Waals surface area contributed by atoms with Crippen LogP contribution < -0.4 is 5.84 Å². The summed E-state index contributed by atoms with van der Waals surface area (Å²) < 4.78 is 25.1. The number of rotatable bonds is 1. The van der Waals surface area contributed by atoms with Crippen molar-refractivity contribution in [2.24, 2.45) is 10.9 Å². The lowest BCUT2D eigenvalue weighted by Crippen LogP contribution is -1.93. The van der Waals surface area contributed by atoms with Crippen molar-refractivity contribution in [1.82, 2.24) is 0 Å². The third kappa shape index (κ3) is 1.52. The van der Waals surface area contributed by atoms with Gasteiger partial charge >= 0.3 is 0 Å². The summed E-state index contributed by atoms with van der Waals surface area (Å²) in [5.74, 6) is 2.93. The van der Waals surface area contributed by atoms with Crippen LogP contribution in [0.25, 0.3) is 0 Å². The molecular formula is C7H6F2N2. The largest absolute Gasteiger partial charge is 0.323 e. The van der Waals surface area contributed by atoms with Crippen molar-refractivity contribution in [2.45, 2.75) is 0 Å². The summed E-state index contributed by atoms with van der Waals surface area (Å²) >= 11 is 0. The van der Waals surface area contributed by atoms with Gasteiger partial charge in [-0.15, -0.1) is 0 Å². The molecule has 0 aromatic heterocycles. The number of benzene rings is 1. The maximum atomic E-state index is 12.7. The lowest BCUT2D eigenvalue weighted by molar-refractivity contribution is 0.507. The van der Waals surface area contributed by atoms with Crippen LogP contribution in [0.4, 0.5) is 8.78 Å². The number of hydrogen-bond donors (Lipinski definition) is 1. The van der Waals surface area contributed by atoms with E-state index in [0.717, 1.165) is 12.3 Å². The molecule has 0 aliphatic heterocycles. The number of halogens is 2. The van der Waals surface area contributed by atoms with Crippen LogP contribution >= 0.6 is 0 Å². The summed E-state index contributed by atoms with van der Waals surface area (Å²) in [6.45, 7) is 0. The zero-order chi connectivity index (χ0) is 8.27. The van der Waals surface area contributed by atoms with Crippen molar-refractivity contribution in [2.75, 3.05) is 0 Å². The van der Waals surface area contributed by atoms with E-state index in [1.807, 2.05) is 0 Å². The standard InChI is InChI=1S/C7H6F2N2/c8-6-3-1-2-5(4-11-10)7(6)9/h1-4H,10H2. The van der Waals surface area contributed by atoms with Crippen molar-refractivity contribution in [3.63, 3.8) is 0 Å². The third-order valence-electron chi connectivity index (χ3n) is 1.20. The zero-order valence-corrected chi connectivity index (χ0v) is 5.59. The molecule has 1 aromatic carbocycles. The van der Waals surface area contributed by atoms with Gasteiger partial charge in [-0.1, -0.05) is 12.1 Å². The Morgan fingerprint density at radius 2 is 2.09 bits per heavy atom. The van der Waals surface area contributed by atoms with Gasteiger partial charge in [0.15, 0.2) is 11.6 Å². The van der Waals surface area contributed by atoms with Crippen molar-refractivity contribution < 1.29 is 8.78 Å². The molecule has 0 aliphatic carbocycles. The van der Waals surface area contributed by atoms with Gasteiger partial charge < -0.3 is 5.84 Å². The lowest BCUT2D eigenvalue weighted by Gasteiger charge is -1.94. The molecule has 0 amide bonds. The summed E-state index contributed by atoms with van der Waals surface area (Å²) in [5, 5.41) is 3.08. The molecule has 2 N–H and O–H groups in total. The quantitative estimate of drug-likeness (QED) is 0.371. The van der Waals surface area contributed by atoms with Gasteiger partial charge in [-0.25, -0.2) is 8.78 Å². The number of hydrogen-bond acceptors (Lipinski definition) is 2. The molecule has 0 radical (unpaired) electrons. The fourth-order valence-electron chi connectivity index (χ4n) is 0.700. The first-order valence-electron chi connectivity index (χ1n) is 2.93. The predicted octanol–water partition coefficient (Wildman–Crippen LogP) is 1.26. The average Bonchev–Trinajstić information content (AvgIpc) is 1.99. The first-order chi connectivity index (χ1) is 5.25. The molecule has 0 unspecified atom stereocenters. The molecule has 0 atom stereocenters. The molecule has 0 fully saturated rings. The van der Waals surface area contributed by atoms with E-state index in [2.05, 4.69) is 5.10 Å². The minimum Gasteiger partial charge on any atom is -0.323 e. The van der Waals surface area contributed by atoms with Crippen LogP contribution in [0, 0.1) is 11.6 Å². The van der Waals surface area contributed by atoms with Crippen molar-refractivity contribution in [3.8, 4) is 0 Å². The highest BCUT2D eigenvalue weighted by Crippen LogP contribution is 2.08. The zero-order valence-electron chi connectivity index (χ0n) is 5.59. The summed E-state index contributed by atoms with van der Waals surface area (Å²) in [4.78, 5) is 0. The summed E-state index contributed by atoms with van der Waals surface area (Å²) in [5.41, 5.74) is 0.0486. The van der Waals surface area contributed by atoms with E-state index in [-0.39, 0.29) is 5.56 Å². The second-order valence-electron chi connectivity index (χ2n) is 1.92. The fraction of sp³-hybridized carbons (Fsp3) is 0. The first-order valence-corrected chi connectivity index (χ1v) is 2.93. The lowest BCUT2D eigenvalue weighted by atomic mass is 10.2. The molecule has 0 aliphatic rings. The highest BCUT2D eigenvalue weighted by molar-refractivity contribution is 5.79. The molecule has 4 heteroatoms. The van der Waals surface area contributed by atoms with Crippen LogP contribution in [-0.4, -0.2) is 6.21 Å². The number of nitrogens with two attached hydrogens (primary N) is 1. The van der Waals surface area contributed by atoms with Crippen LogP contribution in [0.5, 0.6) is 0 Å². The Balaban J connectivity index is 3.16. The van der Waals surface area contributed by atoms with Gasteiger partial charge in [-0.05, 0) is 6.07 Å². The highest BCUT2D eigenvalue weighted by Gasteiger charge is 2.03. The monoisotopic (exact) mass is 156 g/mol. The molecule has 0 saturated heterocycles. The topological polar surface area (TPSA) is 38.4 Å². The third-order valence-corrected chi connectivity index (χ3v) is 1.20. The fourth-order valence-corrected chi connectivity index (χ4v) is 0.700. The van der Waals surface area contributed by atoms with Crippen molar-refractivity contribution in [1.29, 1.82) is 0 Å². The minimum atomic E-state index is -0.929. The van der Waals surface area contributed by atoms with Gasteiger partial charge in [-0.3, -0.25) is 0 Å². The molecule has 2 nitrogen and oxygen atoms in total. The summed E-state index contributed by atoms with van der Waals surface area (Å²) in [6.07, 6.45) is 1.05. The van der Waals surface area contributed by atoms with E-state index < -0.39 is 11.6 Å². The van der Waals surface area contributed by atoms with Crippen LogP contribution in [0.1, 0.15) is 5.56 Å². The van der Waals surface area contributed by atoms with E-state index in [0.29, 0.717) is 0 Å². The summed E-state index contributed by atoms with van der Waals surface area (Å²) in [6, 6.07) is 3.80. The van der Waals surface area contributed by atoms with Gasteiger partial charge in [0.05, 0.1) is 6.21 Å². The second-order valence-corrected chi connectivity index (χ2v) is 1.92. The molecular weight excluding hydrogens is 150 g/mol. The van der Waals surface area contributed by atoms with E-state index in [4.69, 9.17) is 5.84 Å². The molecule has 58 valence electrons. The van der Waals surface area contributed by atoms with Crippen molar-refractivity contribution >= 4 is 6.21 Å². The Hall–Kier alpha value is -1.45. The predicted molar refractivity (Wildman–Crippen MR) is 38.1 cm³/mol. The van der Waals surface area contributed by atoms with E-state index in [1.54, 1.807) is 0 Å². The van der Waals surface area contributed by atoms with Gasteiger partial charge in [0.1, 0.15) is 0 Å². The SMILES string of the molecule is NN=Cc1cccc(F)c1F. The molecule has 0 heterocycles. The maximum absolute atomic E-state index is 12.7. The van der Waals surface area contributed by atoms with E-state index in [1.165, 1.54) is 12.1 Å². The Morgan fingerprint density at radius 1 is 1.36 bits per heavy atom. The number of nitrogens with zero attached hydrogens (tertiary/aromatic N) is 1. The van der Waals surface area contributed by atoms with Crippen LogP contribution in [0.15, 0.2) is 23.3 Å². The van der Waals surface area contributed by atoms with Crippen molar-refractivity contribution in [3.05, 3.63) is 35.4 Å². The molecule has 0 bridgehead atoms. The molecule has 1 aromatic rings. The van der Waals surface area contributed by atoms with Crippen LogP contribution in [0.3, 0.4) is 0 Å². The molecule has 0 saturated carbocycles. The van der Waals surface area contributed by atoms with E-state index in [9.17, 15) is 8.78 Å². The maximum Gasteiger partial charge on any atom is 0.167 e. The number of hydrazone groups is 1. The normalized spacial score (nSPS) is 10.7. The van der Waals surface area contributed by atoms with Crippen LogP contribution in [-0.2, 0) is 0 Å². The minimum absolute atomic E-state index is 0.0486. The average molecular weight is 156 g/mol. The van der Waals surface area contributed by atoms with Gasteiger partial charge in [0, 0.05) is 5.56 Å². The molecule has 1 rings (SSSR count). The Labute approximate surface area is 62.3 Å². The Morgan fingerprint density at radius 3 is 2.73 bits per heavy atom. The Kier molecular flexibility index (Phi) is 2.15. The van der Waals surface area contributed by atoms with Gasteiger partial charge in [0.2, 0.25) is 0 Å². The Bertz CT molecular complexity index is 284.